The topological polar surface area (TPSA) is 26.3 Å². The van der Waals surface area contributed by atoms with Crippen LogP contribution in [0.15, 0.2) is 12.2 Å². The Kier molecular flexibility index (Phi) is 4.99. The molecule has 0 saturated heterocycles. The van der Waals surface area contributed by atoms with Crippen LogP contribution in [0.1, 0.15) is 26.2 Å². The smallest absolute Gasteiger partial charge is 0.320 e. The molecule has 0 rings (SSSR count). The van der Waals surface area contributed by atoms with Crippen LogP contribution in [0.2, 0.25) is 19.6 Å². The maximum atomic E-state index is 11.4. The van der Waals surface area contributed by atoms with E-state index in [2.05, 4.69) is 13.5 Å². The summed E-state index contributed by atoms with van der Waals surface area (Å²) in [4.78, 5) is 11.4. The largest absolute Gasteiger partial charge is 0.517 e. The van der Waals surface area contributed by atoms with Gasteiger partial charge in [0.2, 0.25) is 8.32 Å². The molecular weight excluding hydrogens is 180 g/mol. The average molecular weight is 200 g/mol. The van der Waals surface area contributed by atoms with Crippen molar-refractivity contribution in [1.82, 2.24) is 0 Å². The normalized spacial score (nSPS) is 11.1. The monoisotopic (exact) mass is 200 g/mol. The van der Waals surface area contributed by atoms with E-state index in [0.29, 0.717) is 5.57 Å². The van der Waals surface area contributed by atoms with Crippen LogP contribution in [0, 0.1) is 0 Å². The third-order valence-electron chi connectivity index (χ3n) is 1.52. The lowest BCUT2D eigenvalue weighted by Crippen LogP contribution is -2.29. The van der Waals surface area contributed by atoms with Gasteiger partial charge in [-0.1, -0.05) is 19.9 Å². The molecule has 13 heavy (non-hydrogen) atoms. The summed E-state index contributed by atoms with van der Waals surface area (Å²) in [7, 11) is -1.73. The van der Waals surface area contributed by atoms with Gasteiger partial charge in [-0.2, -0.15) is 0 Å². The minimum atomic E-state index is -1.73. The fourth-order valence-corrected chi connectivity index (χ4v) is 1.54. The van der Waals surface area contributed by atoms with Crippen LogP contribution in [0.5, 0.6) is 0 Å². The van der Waals surface area contributed by atoms with Crippen molar-refractivity contribution in [3.05, 3.63) is 12.2 Å². The highest BCUT2D eigenvalue weighted by molar-refractivity contribution is 6.71. The highest BCUT2D eigenvalue weighted by Crippen LogP contribution is 2.11. The van der Waals surface area contributed by atoms with Gasteiger partial charge < -0.3 is 4.43 Å². The molecule has 0 spiro atoms. The molecule has 2 nitrogen and oxygen atoms in total. The molecule has 3 heteroatoms. The van der Waals surface area contributed by atoms with Gasteiger partial charge in [0, 0.05) is 5.57 Å². The molecule has 0 saturated carbocycles. The summed E-state index contributed by atoms with van der Waals surface area (Å²) in [5, 5.41) is 0. The van der Waals surface area contributed by atoms with Crippen LogP contribution in [-0.2, 0) is 9.22 Å². The van der Waals surface area contributed by atoms with E-state index in [1.54, 1.807) is 0 Å². The molecule has 0 aromatic heterocycles. The standard InChI is InChI=1S/C10H20O2Si/c1-6-7-8-9(2)10(11)12-13(3,4)5/h2,6-8H2,1,3-5H3. The van der Waals surface area contributed by atoms with Crippen LogP contribution in [0.25, 0.3) is 0 Å². The van der Waals surface area contributed by atoms with Gasteiger partial charge in [-0.15, -0.1) is 0 Å². The summed E-state index contributed by atoms with van der Waals surface area (Å²) in [6.45, 7) is 11.8. The summed E-state index contributed by atoms with van der Waals surface area (Å²) < 4.78 is 5.30. The highest BCUT2D eigenvalue weighted by atomic mass is 28.4. The van der Waals surface area contributed by atoms with Gasteiger partial charge in [0.05, 0.1) is 0 Å². The van der Waals surface area contributed by atoms with Crippen LogP contribution >= 0.6 is 0 Å². The predicted molar refractivity (Wildman–Crippen MR) is 58.1 cm³/mol. The second-order valence-corrected chi connectivity index (χ2v) is 8.64. The molecule has 0 aliphatic rings. The Bertz CT molecular complexity index is 192. The Balaban J connectivity index is 3.91. The molecule has 0 aliphatic heterocycles. The molecule has 76 valence electrons. The van der Waals surface area contributed by atoms with Gasteiger partial charge in [0.25, 0.3) is 0 Å². The Labute approximate surface area is 82.1 Å². The first-order valence-corrected chi connectivity index (χ1v) is 8.18. The maximum absolute atomic E-state index is 11.4. The summed E-state index contributed by atoms with van der Waals surface area (Å²) in [6, 6.07) is 0. The molecule has 0 N–H and O–H groups in total. The third-order valence-corrected chi connectivity index (χ3v) is 2.32. The first-order chi connectivity index (χ1) is 5.87. The number of hydrogen-bond donors (Lipinski definition) is 0. The molecular formula is C10H20O2Si. The van der Waals surface area contributed by atoms with Gasteiger partial charge in [-0.25, -0.2) is 4.79 Å². The summed E-state index contributed by atoms with van der Waals surface area (Å²) >= 11 is 0. The van der Waals surface area contributed by atoms with Crippen LogP contribution in [-0.4, -0.2) is 14.3 Å². The van der Waals surface area contributed by atoms with Gasteiger partial charge in [-0.3, -0.25) is 0 Å². The van der Waals surface area contributed by atoms with E-state index in [1.807, 2.05) is 19.6 Å². The van der Waals surface area contributed by atoms with Gasteiger partial charge in [0.15, 0.2) is 0 Å². The van der Waals surface area contributed by atoms with E-state index in [4.69, 9.17) is 4.43 Å². The van der Waals surface area contributed by atoms with E-state index in [0.717, 1.165) is 19.3 Å². The molecule has 0 aliphatic carbocycles. The predicted octanol–water partition coefficient (Wildman–Crippen LogP) is 3.11. The fourth-order valence-electron chi connectivity index (χ4n) is 0.842. The summed E-state index contributed by atoms with van der Waals surface area (Å²) in [5.74, 6) is -0.201. The molecule has 0 radical (unpaired) electrons. The number of carbonyl (C=O) groups excluding carboxylic acids is 1. The van der Waals surface area contributed by atoms with Crippen molar-refractivity contribution in [1.29, 1.82) is 0 Å². The lowest BCUT2D eigenvalue weighted by molar-refractivity contribution is -0.131. The summed E-state index contributed by atoms with van der Waals surface area (Å²) in [6.07, 6.45) is 2.86. The van der Waals surface area contributed by atoms with Crippen LogP contribution < -0.4 is 0 Å². The second-order valence-electron chi connectivity index (χ2n) is 4.21. The zero-order valence-electron chi connectivity index (χ0n) is 9.14. The highest BCUT2D eigenvalue weighted by Gasteiger charge is 2.20. The number of hydrogen-bond acceptors (Lipinski definition) is 2. The quantitative estimate of drug-likeness (QED) is 0.503. The van der Waals surface area contributed by atoms with Gasteiger partial charge in [0.1, 0.15) is 0 Å². The van der Waals surface area contributed by atoms with E-state index < -0.39 is 8.32 Å². The van der Waals surface area contributed by atoms with Crippen molar-refractivity contribution in [2.75, 3.05) is 0 Å². The van der Waals surface area contributed by atoms with Gasteiger partial charge in [-0.05, 0) is 32.5 Å². The van der Waals surface area contributed by atoms with Crippen molar-refractivity contribution < 1.29 is 9.22 Å². The molecule has 0 bridgehead atoms. The Morgan fingerprint density at radius 2 is 1.92 bits per heavy atom. The second kappa shape index (κ2) is 5.22. The molecule has 0 heterocycles. The zero-order valence-corrected chi connectivity index (χ0v) is 10.1. The average Bonchev–Trinajstić information content (AvgIpc) is 1.96. The van der Waals surface area contributed by atoms with Crippen molar-refractivity contribution in [2.45, 2.75) is 45.8 Å². The fraction of sp³-hybridized carbons (Fsp3) is 0.700. The van der Waals surface area contributed by atoms with Crippen molar-refractivity contribution >= 4 is 14.3 Å². The van der Waals surface area contributed by atoms with Crippen molar-refractivity contribution in [2.24, 2.45) is 0 Å². The number of rotatable bonds is 5. The third kappa shape index (κ3) is 6.58. The van der Waals surface area contributed by atoms with E-state index in [9.17, 15) is 4.79 Å². The first-order valence-electron chi connectivity index (χ1n) is 4.78. The molecule has 0 atom stereocenters. The molecule has 0 aromatic rings. The number of carbonyl (C=O) groups is 1. The van der Waals surface area contributed by atoms with Crippen molar-refractivity contribution in [3.8, 4) is 0 Å². The zero-order chi connectivity index (χ0) is 10.5. The SMILES string of the molecule is C=C(CCCC)C(=O)O[Si](C)(C)C. The van der Waals surface area contributed by atoms with E-state index in [1.165, 1.54) is 0 Å². The lowest BCUT2D eigenvalue weighted by atomic mass is 10.1. The van der Waals surface area contributed by atoms with Crippen molar-refractivity contribution in [3.63, 3.8) is 0 Å². The number of unbranched alkanes of at least 4 members (excludes halogenated alkanes) is 1. The minimum Gasteiger partial charge on any atom is -0.517 e. The Morgan fingerprint density at radius 3 is 2.31 bits per heavy atom. The summed E-state index contributed by atoms with van der Waals surface area (Å²) in [5.41, 5.74) is 0.615. The molecule has 0 fully saturated rings. The Hall–Kier alpha value is -0.573. The van der Waals surface area contributed by atoms with Gasteiger partial charge >= 0.3 is 5.97 Å². The molecule has 0 aromatic carbocycles. The molecule has 0 amide bonds. The maximum Gasteiger partial charge on any atom is 0.320 e. The van der Waals surface area contributed by atoms with E-state index >= 15 is 0 Å². The first kappa shape index (κ1) is 12.4. The van der Waals surface area contributed by atoms with Crippen LogP contribution in [0.3, 0.4) is 0 Å². The minimum absolute atomic E-state index is 0.201. The lowest BCUT2D eigenvalue weighted by Gasteiger charge is -2.18. The Morgan fingerprint density at radius 1 is 1.38 bits per heavy atom. The van der Waals surface area contributed by atoms with Crippen LogP contribution in [0.4, 0.5) is 0 Å². The van der Waals surface area contributed by atoms with E-state index in [-0.39, 0.29) is 5.97 Å². The molecule has 0 unspecified atom stereocenters.